The first-order valence-electron chi connectivity index (χ1n) is 9.40. The minimum Gasteiger partial charge on any atom is -0.495 e. The molecule has 0 bridgehead atoms. The fourth-order valence-electron chi connectivity index (χ4n) is 3.83. The van der Waals surface area contributed by atoms with E-state index in [0.29, 0.717) is 18.7 Å². The number of hydrogen-bond donors (Lipinski definition) is 0. The van der Waals surface area contributed by atoms with Crippen LogP contribution in [0.15, 0.2) is 54.7 Å². The maximum absolute atomic E-state index is 12.8. The van der Waals surface area contributed by atoms with Gasteiger partial charge in [0.25, 0.3) is 0 Å². The Bertz CT molecular complexity index is 1000. The smallest absolute Gasteiger partial charge is 0.242 e. The van der Waals surface area contributed by atoms with Gasteiger partial charge in [-0.25, -0.2) is 0 Å². The highest BCUT2D eigenvalue weighted by Gasteiger charge is 2.23. The van der Waals surface area contributed by atoms with Crippen molar-refractivity contribution >= 4 is 28.8 Å². The molecular weight excluding hydrogens is 354 g/mol. The Hall–Kier alpha value is -3.28. The van der Waals surface area contributed by atoms with Crippen molar-refractivity contribution in [1.82, 2.24) is 9.47 Å². The van der Waals surface area contributed by atoms with Crippen LogP contribution >= 0.6 is 0 Å². The maximum Gasteiger partial charge on any atom is 0.242 e. The van der Waals surface area contributed by atoms with Crippen molar-refractivity contribution in [3.63, 3.8) is 0 Å². The summed E-state index contributed by atoms with van der Waals surface area (Å²) < 4.78 is 7.32. The number of rotatable bonds is 5. The van der Waals surface area contributed by atoms with Gasteiger partial charge in [0.1, 0.15) is 12.3 Å². The van der Waals surface area contributed by atoms with Gasteiger partial charge in [0.15, 0.2) is 6.29 Å². The number of aromatic nitrogens is 1. The third kappa shape index (κ3) is 3.33. The van der Waals surface area contributed by atoms with Gasteiger partial charge < -0.3 is 19.1 Å². The number of benzene rings is 2. The van der Waals surface area contributed by atoms with Crippen LogP contribution in [0, 0.1) is 0 Å². The van der Waals surface area contributed by atoms with E-state index in [9.17, 15) is 9.59 Å². The summed E-state index contributed by atoms with van der Waals surface area (Å²) >= 11 is 0. The van der Waals surface area contributed by atoms with Crippen LogP contribution in [0.2, 0.25) is 0 Å². The summed E-state index contributed by atoms with van der Waals surface area (Å²) in [4.78, 5) is 28.3. The third-order valence-electron chi connectivity index (χ3n) is 5.31. The van der Waals surface area contributed by atoms with Gasteiger partial charge in [0.05, 0.1) is 12.8 Å². The van der Waals surface area contributed by atoms with E-state index in [-0.39, 0.29) is 12.5 Å². The zero-order chi connectivity index (χ0) is 19.5. The standard InChI is InChI=1S/C22H23N3O3/c1-28-21-9-5-4-8-20(21)23-10-12-24(13-11-23)22(27)15-25-14-17(16-26)18-6-2-3-7-19(18)25/h2-9,14,16H,10-13,15H2,1H3. The van der Waals surface area contributed by atoms with Crippen LogP contribution in [0.25, 0.3) is 10.9 Å². The highest BCUT2D eigenvalue weighted by Crippen LogP contribution is 2.28. The van der Waals surface area contributed by atoms with Crippen LogP contribution in [0.3, 0.4) is 0 Å². The zero-order valence-corrected chi connectivity index (χ0v) is 15.9. The average molecular weight is 377 g/mol. The SMILES string of the molecule is COc1ccccc1N1CCN(C(=O)Cn2cc(C=O)c3ccccc32)CC1. The Morgan fingerprint density at radius 2 is 1.75 bits per heavy atom. The Morgan fingerprint density at radius 1 is 1.04 bits per heavy atom. The third-order valence-corrected chi connectivity index (χ3v) is 5.31. The molecule has 2 aromatic carbocycles. The number of aldehydes is 1. The molecule has 0 saturated carbocycles. The van der Waals surface area contributed by atoms with E-state index in [2.05, 4.69) is 4.90 Å². The topological polar surface area (TPSA) is 54.8 Å². The summed E-state index contributed by atoms with van der Waals surface area (Å²) in [5.41, 5.74) is 2.58. The molecule has 1 fully saturated rings. The van der Waals surface area contributed by atoms with E-state index >= 15 is 0 Å². The normalized spacial score (nSPS) is 14.3. The van der Waals surface area contributed by atoms with E-state index in [4.69, 9.17) is 4.74 Å². The molecule has 0 aliphatic carbocycles. The first-order valence-corrected chi connectivity index (χ1v) is 9.40. The van der Waals surface area contributed by atoms with E-state index in [1.807, 2.05) is 58.0 Å². The number of nitrogens with zero attached hydrogens (tertiary/aromatic N) is 3. The second-order valence-corrected chi connectivity index (χ2v) is 6.89. The predicted octanol–water partition coefficient (Wildman–Crippen LogP) is 2.81. The number of carbonyl (C=O) groups excluding carboxylic acids is 2. The largest absolute Gasteiger partial charge is 0.495 e. The molecule has 1 aliphatic heterocycles. The Balaban J connectivity index is 1.44. The molecule has 144 valence electrons. The van der Waals surface area contributed by atoms with Crippen molar-refractivity contribution in [3.05, 3.63) is 60.3 Å². The van der Waals surface area contributed by atoms with Gasteiger partial charge in [-0.3, -0.25) is 9.59 Å². The fourth-order valence-corrected chi connectivity index (χ4v) is 3.83. The molecule has 1 aromatic heterocycles. The first-order chi connectivity index (χ1) is 13.7. The van der Waals surface area contributed by atoms with Crippen molar-refractivity contribution in [2.45, 2.75) is 6.54 Å². The number of methoxy groups -OCH3 is 1. The number of fused-ring (bicyclic) bond motifs is 1. The molecule has 2 heterocycles. The number of carbonyl (C=O) groups is 2. The number of piperazine rings is 1. The molecule has 4 rings (SSSR count). The van der Waals surface area contributed by atoms with Crippen LogP contribution in [0.4, 0.5) is 5.69 Å². The van der Waals surface area contributed by atoms with Crippen LogP contribution in [-0.2, 0) is 11.3 Å². The molecule has 0 radical (unpaired) electrons. The van der Waals surface area contributed by atoms with Gasteiger partial charge in [-0.05, 0) is 18.2 Å². The van der Waals surface area contributed by atoms with E-state index < -0.39 is 0 Å². The van der Waals surface area contributed by atoms with Crippen LogP contribution in [-0.4, -0.2) is 54.9 Å². The minimum absolute atomic E-state index is 0.0675. The molecule has 1 aliphatic rings. The highest BCUT2D eigenvalue weighted by molar-refractivity contribution is 5.98. The number of anilines is 1. The predicted molar refractivity (Wildman–Crippen MR) is 109 cm³/mol. The van der Waals surface area contributed by atoms with Gasteiger partial charge >= 0.3 is 0 Å². The molecule has 6 nitrogen and oxygen atoms in total. The molecule has 0 N–H and O–H groups in total. The molecule has 1 saturated heterocycles. The number of ether oxygens (including phenoxy) is 1. The molecule has 0 unspecified atom stereocenters. The van der Waals surface area contributed by atoms with E-state index in [1.165, 1.54) is 0 Å². The molecule has 28 heavy (non-hydrogen) atoms. The van der Waals surface area contributed by atoms with E-state index in [0.717, 1.165) is 41.7 Å². The lowest BCUT2D eigenvalue weighted by atomic mass is 10.2. The number of amides is 1. The molecule has 0 spiro atoms. The van der Waals surface area contributed by atoms with Crippen LogP contribution < -0.4 is 9.64 Å². The van der Waals surface area contributed by atoms with Crippen molar-refractivity contribution < 1.29 is 14.3 Å². The van der Waals surface area contributed by atoms with Crippen LogP contribution in [0.1, 0.15) is 10.4 Å². The fraction of sp³-hybridized carbons (Fsp3) is 0.273. The summed E-state index contributed by atoms with van der Waals surface area (Å²) in [7, 11) is 1.67. The lowest BCUT2D eigenvalue weighted by Gasteiger charge is -2.36. The van der Waals surface area contributed by atoms with Gasteiger partial charge in [-0.2, -0.15) is 0 Å². The molecule has 3 aromatic rings. The summed E-state index contributed by atoms with van der Waals surface area (Å²) in [6.07, 6.45) is 2.61. The lowest BCUT2D eigenvalue weighted by Crippen LogP contribution is -2.49. The summed E-state index contributed by atoms with van der Waals surface area (Å²) in [5, 5.41) is 0.881. The molecule has 1 amide bonds. The van der Waals surface area contributed by atoms with Gasteiger partial charge in [0, 0.05) is 48.8 Å². The second kappa shape index (κ2) is 7.76. The zero-order valence-electron chi connectivity index (χ0n) is 15.9. The molecule has 6 heteroatoms. The van der Waals surface area contributed by atoms with Crippen molar-refractivity contribution in [2.75, 3.05) is 38.2 Å². The van der Waals surface area contributed by atoms with Crippen LogP contribution in [0.5, 0.6) is 5.75 Å². The Labute approximate surface area is 163 Å². The Kier molecular flexibility index (Phi) is 5.02. The lowest BCUT2D eigenvalue weighted by molar-refractivity contribution is -0.132. The molecular formula is C22H23N3O3. The maximum atomic E-state index is 12.8. The van der Waals surface area contributed by atoms with Crippen molar-refractivity contribution in [3.8, 4) is 5.75 Å². The highest BCUT2D eigenvalue weighted by atomic mass is 16.5. The first kappa shape index (κ1) is 18.1. The van der Waals surface area contributed by atoms with Gasteiger partial charge in [-0.15, -0.1) is 0 Å². The Morgan fingerprint density at radius 3 is 2.50 bits per heavy atom. The number of hydrogen-bond acceptors (Lipinski definition) is 4. The van der Waals surface area contributed by atoms with Crippen molar-refractivity contribution in [1.29, 1.82) is 0 Å². The quantitative estimate of drug-likeness (QED) is 0.642. The summed E-state index contributed by atoms with van der Waals surface area (Å²) in [5.74, 6) is 0.917. The monoisotopic (exact) mass is 377 g/mol. The molecule has 0 atom stereocenters. The van der Waals surface area contributed by atoms with Gasteiger partial charge in [-0.1, -0.05) is 30.3 Å². The number of para-hydroxylation sites is 3. The summed E-state index contributed by atoms with van der Waals surface area (Å²) in [6, 6.07) is 15.6. The average Bonchev–Trinajstić information content (AvgIpc) is 3.11. The minimum atomic E-state index is 0.0675. The van der Waals surface area contributed by atoms with Crippen molar-refractivity contribution in [2.24, 2.45) is 0 Å². The van der Waals surface area contributed by atoms with Gasteiger partial charge in [0.2, 0.25) is 5.91 Å². The van der Waals surface area contributed by atoms with E-state index in [1.54, 1.807) is 13.3 Å². The second-order valence-electron chi connectivity index (χ2n) is 6.89. The summed E-state index contributed by atoms with van der Waals surface area (Å²) in [6.45, 7) is 3.09.